The Morgan fingerprint density at radius 1 is 0.609 bits per heavy atom. The van der Waals surface area contributed by atoms with Gasteiger partial charge in [0.2, 0.25) is 0 Å². The zero-order chi connectivity index (χ0) is 30.8. The van der Waals surface area contributed by atoms with Crippen LogP contribution < -0.4 is 0 Å². The lowest BCUT2D eigenvalue weighted by molar-refractivity contribution is 0.670. The molecule has 0 spiro atoms. The number of furan rings is 1. The Balaban J connectivity index is 1.14. The minimum atomic E-state index is 0.460. The van der Waals surface area contributed by atoms with Crippen LogP contribution in [0.1, 0.15) is 25.3 Å². The molecule has 3 heterocycles. The number of hydrogen-bond acceptors (Lipinski definition) is 4. The molecule has 0 unspecified atom stereocenters. The van der Waals surface area contributed by atoms with Gasteiger partial charge in [0, 0.05) is 43.9 Å². The molecule has 3 aromatic heterocycles. The number of benzene rings is 6. The van der Waals surface area contributed by atoms with E-state index < -0.39 is 0 Å². The Hall–Kier alpha value is -5.52. The molecule has 6 aromatic carbocycles. The molecular weight excluding hydrogens is 583 g/mol. The van der Waals surface area contributed by atoms with E-state index in [0.29, 0.717) is 5.92 Å². The lowest BCUT2D eigenvalue weighted by Gasteiger charge is -2.10. The standard InChI is InChI=1S/C41H29N3OS/c1-25(2)27-9-7-10-29(23-27)40-42-41(46-43-40)26-17-20-30(21-18-26)44-36-15-5-3-11-32(36)33-22-19-28(24-37(33)44)31-13-8-14-35-34-12-4-6-16-38(34)45-39(31)35/h3-25H,1-2H3. The second-order valence-electron chi connectivity index (χ2n) is 12.1. The predicted molar refractivity (Wildman–Crippen MR) is 192 cm³/mol. The maximum atomic E-state index is 6.41. The zero-order valence-electron chi connectivity index (χ0n) is 25.4. The summed E-state index contributed by atoms with van der Waals surface area (Å²) in [4.78, 5) is 4.92. The highest BCUT2D eigenvalue weighted by atomic mass is 32.1. The third kappa shape index (κ3) is 4.27. The van der Waals surface area contributed by atoms with Crippen molar-refractivity contribution in [3.05, 3.63) is 139 Å². The van der Waals surface area contributed by atoms with Crippen LogP contribution in [0.25, 0.3) is 82.5 Å². The lowest BCUT2D eigenvalue weighted by Crippen LogP contribution is -1.94. The van der Waals surface area contributed by atoms with Crippen molar-refractivity contribution in [2.45, 2.75) is 19.8 Å². The van der Waals surface area contributed by atoms with E-state index in [4.69, 9.17) is 13.8 Å². The molecule has 0 aliphatic rings. The minimum Gasteiger partial charge on any atom is -0.455 e. The molecular formula is C41H29N3OS. The summed E-state index contributed by atoms with van der Waals surface area (Å²) in [5, 5.41) is 5.64. The van der Waals surface area contributed by atoms with Gasteiger partial charge in [-0.3, -0.25) is 0 Å². The average molecular weight is 612 g/mol. The molecule has 0 bridgehead atoms. The highest BCUT2D eigenvalue weighted by Gasteiger charge is 2.17. The summed E-state index contributed by atoms with van der Waals surface area (Å²) in [5.41, 5.74) is 10.9. The van der Waals surface area contributed by atoms with Crippen molar-refractivity contribution in [3.8, 4) is 38.8 Å². The van der Waals surface area contributed by atoms with Crippen LogP contribution in [-0.2, 0) is 0 Å². The minimum absolute atomic E-state index is 0.460. The number of para-hydroxylation sites is 3. The van der Waals surface area contributed by atoms with Gasteiger partial charge in [0.25, 0.3) is 0 Å². The highest BCUT2D eigenvalue weighted by molar-refractivity contribution is 7.09. The molecule has 0 fully saturated rings. The number of fused-ring (bicyclic) bond motifs is 6. The van der Waals surface area contributed by atoms with Crippen molar-refractivity contribution in [3.63, 3.8) is 0 Å². The van der Waals surface area contributed by atoms with E-state index in [0.717, 1.165) is 66.2 Å². The van der Waals surface area contributed by atoms with Crippen LogP contribution in [0.15, 0.2) is 138 Å². The molecule has 0 saturated heterocycles. The van der Waals surface area contributed by atoms with Crippen molar-refractivity contribution >= 4 is 55.3 Å². The molecule has 0 aliphatic carbocycles. The molecule has 0 radical (unpaired) electrons. The van der Waals surface area contributed by atoms with Crippen LogP contribution in [0.3, 0.4) is 0 Å². The second kappa shape index (κ2) is 10.5. The third-order valence-corrected chi connectivity index (χ3v) is 9.76. The van der Waals surface area contributed by atoms with E-state index >= 15 is 0 Å². The normalized spacial score (nSPS) is 11.9. The van der Waals surface area contributed by atoms with E-state index in [-0.39, 0.29) is 0 Å². The third-order valence-electron chi connectivity index (χ3n) is 9.00. The fraction of sp³-hybridized carbons (Fsp3) is 0.0732. The quantitative estimate of drug-likeness (QED) is 0.194. The van der Waals surface area contributed by atoms with Gasteiger partial charge in [-0.15, -0.1) is 0 Å². The van der Waals surface area contributed by atoms with Gasteiger partial charge in [0.05, 0.1) is 11.0 Å². The average Bonchev–Trinajstić information content (AvgIpc) is 3.83. The van der Waals surface area contributed by atoms with Crippen LogP contribution in [0.5, 0.6) is 0 Å². The van der Waals surface area contributed by atoms with Crippen LogP contribution in [0.2, 0.25) is 0 Å². The topological polar surface area (TPSA) is 43.9 Å². The summed E-state index contributed by atoms with van der Waals surface area (Å²) >= 11 is 1.45. The Bertz CT molecular complexity index is 2570. The number of nitrogens with zero attached hydrogens (tertiary/aromatic N) is 3. The molecule has 4 nitrogen and oxygen atoms in total. The molecule has 220 valence electrons. The number of hydrogen-bond donors (Lipinski definition) is 0. The Morgan fingerprint density at radius 2 is 1.35 bits per heavy atom. The van der Waals surface area contributed by atoms with Crippen LogP contribution in [-0.4, -0.2) is 13.9 Å². The Morgan fingerprint density at radius 3 is 2.22 bits per heavy atom. The van der Waals surface area contributed by atoms with Gasteiger partial charge in [-0.25, -0.2) is 4.98 Å². The first-order chi connectivity index (χ1) is 22.6. The van der Waals surface area contributed by atoms with Crippen molar-refractivity contribution in [2.75, 3.05) is 0 Å². The summed E-state index contributed by atoms with van der Waals surface area (Å²) in [7, 11) is 0. The maximum absolute atomic E-state index is 6.41. The van der Waals surface area contributed by atoms with E-state index in [9.17, 15) is 0 Å². The zero-order valence-corrected chi connectivity index (χ0v) is 26.3. The van der Waals surface area contributed by atoms with Gasteiger partial charge in [-0.2, -0.15) is 4.37 Å². The van der Waals surface area contributed by atoms with Gasteiger partial charge in [-0.05, 0) is 77.1 Å². The van der Waals surface area contributed by atoms with Crippen molar-refractivity contribution in [2.24, 2.45) is 0 Å². The Kier molecular flexibility index (Phi) is 6.15. The van der Waals surface area contributed by atoms with Crippen molar-refractivity contribution in [1.82, 2.24) is 13.9 Å². The molecule has 0 amide bonds. The first kappa shape index (κ1) is 26.8. The molecule has 9 aromatic rings. The molecule has 0 saturated carbocycles. The van der Waals surface area contributed by atoms with E-state index in [2.05, 4.69) is 140 Å². The molecule has 0 N–H and O–H groups in total. The van der Waals surface area contributed by atoms with Crippen molar-refractivity contribution < 1.29 is 4.42 Å². The summed E-state index contributed by atoms with van der Waals surface area (Å²) in [6.45, 7) is 4.42. The summed E-state index contributed by atoms with van der Waals surface area (Å²) in [6.07, 6.45) is 0. The molecule has 9 rings (SSSR count). The largest absolute Gasteiger partial charge is 0.455 e. The van der Waals surface area contributed by atoms with Crippen LogP contribution in [0, 0.1) is 0 Å². The van der Waals surface area contributed by atoms with Gasteiger partial charge < -0.3 is 8.98 Å². The number of aromatic nitrogens is 3. The fourth-order valence-corrected chi connectivity index (χ4v) is 7.33. The van der Waals surface area contributed by atoms with Crippen LogP contribution in [0.4, 0.5) is 0 Å². The first-order valence-corrected chi connectivity index (χ1v) is 16.4. The second-order valence-corrected chi connectivity index (χ2v) is 12.9. The lowest BCUT2D eigenvalue weighted by atomic mass is 10.0. The first-order valence-electron chi connectivity index (χ1n) is 15.6. The van der Waals surface area contributed by atoms with Crippen molar-refractivity contribution in [1.29, 1.82) is 0 Å². The maximum Gasteiger partial charge on any atom is 0.173 e. The van der Waals surface area contributed by atoms with Gasteiger partial charge >= 0.3 is 0 Å². The van der Waals surface area contributed by atoms with Gasteiger partial charge in [-0.1, -0.05) is 98.8 Å². The molecule has 5 heteroatoms. The van der Waals surface area contributed by atoms with Crippen LogP contribution >= 0.6 is 11.5 Å². The SMILES string of the molecule is CC(C)c1cccc(-c2nsc(-c3ccc(-n4c5ccccc5c5ccc(-c6cccc7c6oc6ccccc67)cc54)cc3)n2)c1. The van der Waals surface area contributed by atoms with E-state index in [1.807, 2.05) is 12.1 Å². The van der Waals surface area contributed by atoms with E-state index in [1.165, 1.54) is 33.4 Å². The van der Waals surface area contributed by atoms with Gasteiger partial charge in [0.15, 0.2) is 5.82 Å². The smallest absolute Gasteiger partial charge is 0.173 e. The Labute approximate surface area is 270 Å². The summed E-state index contributed by atoms with van der Waals surface area (Å²) in [6, 6.07) is 47.3. The predicted octanol–water partition coefficient (Wildman–Crippen LogP) is 11.7. The number of rotatable bonds is 5. The van der Waals surface area contributed by atoms with Gasteiger partial charge in [0.1, 0.15) is 16.2 Å². The highest BCUT2D eigenvalue weighted by Crippen LogP contribution is 2.39. The molecule has 0 atom stereocenters. The van der Waals surface area contributed by atoms with E-state index in [1.54, 1.807) is 0 Å². The molecule has 46 heavy (non-hydrogen) atoms. The fourth-order valence-electron chi connectivity index (χ4n) is 6.64. The summed E-state index contributed by atoms with van der Waals surface area (Å²) < 4.78 is 13.5. The molecule has 0 aliphatic heterocycles. The summed E-state index contributed by atoms with van der Waals surface area (Å²) in [5.74, 6) is 1.24. The monoisotopic (exact) mass is 611 g/mol.